The van der Waals surface area contributed by atoms with Crippen LogP contribution in [0, 0.1) is 0 Å². The van der Waals surface area contributed by atoms with Gasteiger partial charge in [-0.3, -0.25) is 0 Å². The zero-order chi connectivity index (χ0) is 14.5. The van der Waals surface area contributed by atoms with E-state index < -0.39 is 0 Å². The van der Waals surface area contributed by atoms with Crippen LogP contribution >= 0.6 is 0 Å². The number of aromatic nitrogens is 2. The highest BCUT2D eigenvalue weighted by atomic mass is 16.5. The van der Waals surface area contributed by atoms with Gasteiger partial charge in [0, 0.05) is 32.2 Å². The molecule has 2 heterocycles. The van der Waals surface area contributed by atoms with E-state index in [1.165, 1.54) is 0 Å². The van der Waals surface area contributed by atoms with E-state index in [0.717, 1.165) is 51.0 Å². The van der Waals surface area contributed by atoms with E-state index in [1.54, 1.807) is 0 Å². The lowest BCUT2D eigenvalue weighted by atomic mass is 9.98. The fourth-order valence-corrected chi connectivity index (χ4v) is 2.72. The summed E-state index contributed by atoms with van der Waals surface area (Å²) in [5, 5.41) is 7.61. The van der Waals surface area contributed by atoms with Gasteiger partial charge in [-0.25, -0.2) is 0 Å². The zero-order valence-electron chi connectivity index (χ0n) is 13.1. The summed E-state index contributed by atoms with van der Waals surface area (Å²) in [6, 6.07) is 0.353. The van der Waals surface area contributed by atoms with Crippen molar-refractivity contribution in [2.45, 2.75) is 39.2 Å². The predicted octanol–water partition coefficient (Wildman–Crippen LogP) is 1.31. The summed E-state index contributed by atoms with van der Waals surface area (Å²) in [4.78, 5) is 9.15. The van der Waals surface area contributed by atoms with Crippen molar-refractivity contribution < 1.29 is 4.52 Å². The van der Waals surface area contributed by atoms with Crippen molar-refractivity contribution >= 4 is 5.95 Å². The molecular weight excluding hydrogens is 254 g/mol. The average molecular weight is 281 g/mol. The number of likely N-dealkylation sites (N-methyl/N-ethyl adjacent to an activating group) is 2. The van der Waals surface area contributed by atoms with Gasteiger partial charge in [0.15, 0.2) is 0 Å². The summed E-state index contributed by atoms with van der Waals surface area (Å²) in [6.07, 6.45) is 0.999. The smallest absolute Gasteiger partial charge is 0.266 e. The molecule has 114 valence electrons. The van der Waals surface area contributed by atoms with Crippen LogP contribution in [0.15, 0.2) is 4.52 Å². The van der Waals surface area contributed by atoms with Crippen molar-refractivity contribution in [1.82, 2.24) is 20.4 Å². The Bertz CT molecular complexity index is 400. The minimum atomic E-state index is 0.281. The van der Waals surface area contributed by atoms with Crippen LogP contribution in [0.1, 0.15) is 39.0 Å². The van der Waals surface area contributed by atoms with Crippen LogP contribution in [0.5, 0.6) is 0 Å². The molecular formula is C14H27N5O. The molecule has 0 aromatic carbocycles. The lowest BCUT2D eigenvalue weighted by Crippen LogP contribution is -2.45. The summed E-state index contributed by atoms with van der Waals surface area (Å²) >= 11 is 0. The first-order valence-corrected chi connectivity index (χ1v) is 7.66. The van der Waals surface area contributed by atoms with Gasteiger partial charge >= 0.3 is 0 Å². The first-order chi connectivity index (χ1) is 9.65. The molecule has 0 amide bonds. The predicted molar refractivity (Wildman–Crippen MR) is 80.2 cm³/mol. The minimum Gasteiger partial charge on any atom is -0.337 e. The fourth-order valence-electron chi connectivity index (χ4n) is 2.72. The molecule has 0 radical (unpaired) electrons. The van der Waals surface area contributed by atoms with Gasteiger partial charge in [0.2, 0.25) is 5.89 Å². The second-order valence-corrected chi connectivity index (χ2v) is 5.58. The maximum absolute atomic E-state index is 5.51. The Morgan fingerprint density at radius 2 is 1.95 bits per heavy atom. The van der Waals surface area contributed by atoms with E-state index in [0.29, 0.717) is 6.04 Å². The van der Waals surface area contributed by atoms with E-state index in [1.807, 2.05) is 0 Å². The molecule has 1 aromatic rings. The summed E-state index contributed by atoms with van der Waals surface area (Å²) in [6.45, 7) is 11.5. The van der Waals surface area contributed by atoms with Gasteiger partial charge in [0.05, 0.1) is 5.92 Å². The highest BCUT2D eigenvalue weighted by Crippen LogP contribution is 2.24. The highest BCUT2D eigenvalue weighted by molar-refractivity contribution is 5.29. The monoisotopic (exact) mass is 281 g/mol. The molecule has 2 unspecified atom stereocenters. The molecule has 0 saturated carbocycles. The molecule has 6 nitrogen and oxygen atoms in total. The number of nitrogens with one attached hydrogen (secondary N) is 1. The highest BCUT2D eigenvalue weighted by Gasteiger charge is 2.25. The number of hydrogen-bond acceptors (Lipinski definition) is 6. The molecule has 1 aliphatic heterocycles. The molecule has 1 aliphatic rings. The van der Waals surface area contributed by atoms with Gasteiger partial charge in [0.25, 0.3) is 5.95 Å². The van der Waals surface area contributed by atoms with Gasteiger partial charge < -0.3 is 19.6 Å². The largest absolute Gasteiger partial charge is 0.337 e. The Morgan fingerprint density at radius 1 is 1.25 bits per heavy atom. The molecule has 0 aliphatic carbocycles. The van der Waals surface area contributed by atoms with E-state index in [4.69, 9.17) is 4.52 Å². The second-order valence-electron chi connectivity index (χ2n) is 5.58. The van der Waals surface area contributed by atoms with Crippen LogP contribution in [0.4, 0.5) is 5.95 Å². The van der Waals surface area contributed by atoms with E-state index >= 15 is 0 Å². The number of rotatable bonds is 6. The lowest BCUT2D eigenvalue weighted by Gasteiger charge is -2.31. The average Bonchev–Trinajstić information content (AvgIpc) is 2.90. The van der Waals surface area contributed by atoms with Crippen LogP contribution in [-0.4, -0.2) is 60.9 Å². The van der Waals surface area contributed by atoms with E-state index in [-0.39, 0.29) is 5.92 Å². The topological polar surface area (TPSA) is 57.4 Å². The summed E-state index contributed by atoms with van der Waals surface area (Å²) in [5.74, 6) is 1.79. The van der Waals surface area contributed by atoms with Gasteiger partial charge in [-0.1, -0.05) is 13.8 Å². The van der Waals surface area contributed by atoms with E-state index in [2.05, 4.69) is 53.1 Å². The third kappa shape index (κ3) is 3.49. The van der Waals surface area contributed by atoms with Gasteiger partial charge in [-0.15, -0.1) is 0 Å². The Labute approximate surface area is 121 Å². The summed E-state index contributed by atoms with van der Waals surface area (Å²) in [5.41, 5.74) is 0. The number of nitrogens with zero attached hydrogens (tertiary/aromatic N) is 4. The number of hydrogen-bond donors (Lipinski definition) is 1. The van der Waals surface area contributed by atoms with Crippen molar-refractivity contribution in [3.8, 4) is 0 Å². The molecule has 2 atom stereocenters. The van der Waals surface area contributed by atoms with Crippen molar-refractivity contribution in [3.63, 3.8) is 0 Å². The maximum Gasteiger partial charge on any atom is 0.266 e. The number of piperazine rings is 1. The van der Waals surface area contributed by atoms with Crippen LogP contribution in [-0.2, 0) is 0 Å². The van der Waals surface area contributed by atoms with Crippen LogP contribution in [0.25, 0.3) is 0 Å². The van der Waals surface area contributed by atoms with Crippen molar-refractivity contribution in [2.75, 3.05) is 44.7 Å². The van der Waals surface area contributed by atoms with E-state index in [9.17, 15) is 0 Å². The molecule has 0 bridgehead atoms. The normalized spacial score (nSPS) is 20.1. The molecule has 1 saturated heterocycles. The Balaban J connectivity index is 2.03. The Hall–Kier alpha value is -1.14. The standard InChI is InChI=1S/C14H27N5O/c1-5-12(11(3)15-6-2)13-16-14(17-20-13)19-9-7-18(4)8-10-19/h11-12,15H,5-10H2,1-4H3. The maximum atomic E-state index is 5.51. The molecule has 0 spiro atoms. The third-order valence-electron chi connectivity index (χ3n) is 4.10. The zero-order valence-corrected chi connectivity index (χ0v) is 13.1. The van der Waals surface area contributed by atoms with Crippen LogP contribution in [0.3, 0.4) is 0 Å². The molecule has 2 rings (SSSR count). The molecule has 20 heavy (non-hydrogen) atoms. The molecule has 1 N–H and O–H groups in total. The first kappa shape index (κ1) is 15.3. The summed E-state index contributed by atoms with van der Waals surface area (Å²) in [7, 11) is 2.14. The minimum absolute atomic E-state index is 0.281. The Morgan fingerprint density at radius 3 is 2.55 bits per heavy atom. The molecule has 1 aromatic heterocycles. The van der Waals surface area contributed by atoms with Gasteiger partial charge in [0.1, 0.15) is 0 Å². The van der Waals surface area contributed by atoms with Gasteiger partial charge in [-0.05, 0) is 32.1 Å². The second kappa shape index (κ2) is 7.04. The van der Waals surface area contributed by atoms with Gasteiger partial charge in [-0.2, -0.15) is 4.98 Å². The quantitative estimate of drug-likeness (QED) is 0.848. The van der Waals surface area contributed by atoms with Crippen molar-refractivity contribution in [2.24, 2.45) is 0 Å². The number of anilines is 1. The van der Waals surface area contributed by atoms with Crippen molar-refractivity contribution in [1.29, 1.82) is 0 Å². The third-order valence-corrected chi connectivity index (χ3v) is 4.10. The van der Waals surface area contributed by atoms with Crippen molar-refractivity contribution in [3.05, 3.63) is 5.89 Å². The van der Waals surface area contributed by atoms with Crippen LogP contribution in [0.2, 0.25) is 0 Å². The lowest BCUT2D eigenvalue weighted by molar-refractivity contribution is 0.304. The molecule has 6 heteroatoms. The SMILES string of the molecule is CCNC(C)C(CC)c1nc(N2CCN(C)CC2)no1. The fraction of sp³-hybridized carbons (Fsp3) is 0.857. The first-order valence-electron chi connectivity index (χ1n) is 7.66. The van der Waals surface area contributed by atoms with Crippen LogP contribution < -0.4 is 10.2 Å². The molecule has 1 fully saturated rings. The summed E-state index contributed by atoms with van der Waals surface area (Å²) < 4.78 is 5.51. The Kier molecular flexibility index (Phi) is 5.37.